The highest BCUT2D eigenvalue weighted by Gasteiger charge is 2.27. The van der Waals surface area contributed by atoms with Crippen LogP contribution in [0.3, 0.4) is 0 Å². The Bertz CT molecular complexity index is 872. The molecule has 0 aromatic heterocycles. The molecule has 2 unspecified atom stereocenters. The van der Waals surface area contributed by atoms with Crippen molar-refractivity contribution >= 4 is 22.4 Å². The Morgan fingerprint density at radius 1 is 1.10 bits per heavy atom. The fourth-order valence-electron chi connectivity index (χ4n) is 4.12. The zero-order valence-corrected chi connectivity index (χ0v) is 18.8. The number of nitrogens with two attached hydrogens (primary N) is 1. The normalized spacial score (nSPS) is 18.7. The predicted octanol–water partition coefficient (Wildman–Crippen LogP) is 3.97. The van der Waals surface area contributed by atoms with Crippen LogP contribution >= 0.6 is 12.4 Å². The second-order valence-corrected chi connectivity index (χ2v) is 9.78. The van der Waals surface area contributed by atoms with Gasteiger partial charge in [0.25, 0.3) is 0 Å². The second-order valence-electron chi connectivity index (χ2n) is 7.85. The molecule has 1 aliphatic rings. The summed E-state index contributed by atoms with van der Waals surface area (Å²) in [6.07, 6.45) is 5.35. The van der Waals surface area contributed by atoms with E-state index in [1.54, 1.807) is 0 Å². The Balaban J connectivity index is 0.00000300. The molecule has 0 heterocycles. The van der Waals surface area contributed by atoms with Gasteiger partial charge in [-0.05, 0) is 60.8 Å². The maximum atomic E-state index is 11.8. The van der Waals surface area contributed by atoms with Gasteiger partial charge in [0.1, 0.15) is 0 Å². The monoisotopic (exact) mass is 436 g/mol. The van der Waals surface area contributed by atoms with Gasteiger partial charge in [0.2, 0.25) is 10.0 Å². The molecular weight excluding hydrogens is 404 g/mol. The minimum Gasteiger partial charge on any atom is -0.327 e. The quantitative estimate of drug-likeness (QED) is 0.584. The molecule has 6 heteroatoms. The molecule has 3 N–H and O–H groups in total. The smallest absolute Gasteiger partial charge is 0.211 e. The van der Waals surface area contributed by atoms with Crippen molar-refractivity contribution in [2.45, 2.75) is 57.4 Å². The number of fused-ring (bicyclic) bond motifs is 1. The molecule has 0 bridgehead atoms. The number of nitrogens with one attached hydrogen (secondary N) is 1. The summed E-state index contributed by atoms with van der Waals surface area (Å²) in [5, 5.41) is 0. The van der Waals surface area contributed by atoms with E-state index in [4.69, 9.17) is 5.73 Å². The van der Waals surface area contributed by atoms with Crippen molar-refractivity contribution in [2.75, 3.05) is 12.3 Å². The lowest BCUT2D eigenvalue weighted by Crippen LogP contribution is -2.34. The van der Waals surface area contributed by atoms with Crippen LogP contribution in [0, 0.1) is 0 Å². The molecular formula is C23H33ClN2O2S. The van der Waals surface area contributed by atoms with Gasteiger partial charge in [0.15, 0.2) is 0 Å². The van der Waals surface area contributed by atoms with Gasteiger partial charge in [-0.2, -0.15) is 0 Å². The molecule has 0 aliphatic heterocycles. The van der Waals surface area contributed by atoms with Crippen LogP contribution in [-0.2, 0) is 29.3 Å². The van der Waals surface area contributed by atoms with Crippen LogP contribution < -0.4 is 10.5 Å². The molecule has 2 aromatic carbocycles. The first kappa shape index (κ1) is 23.9. The molecule has 0 radical (unpaired) electrons. The Kier molecular flexibility index (Phi) is 9.15. The summed E-state index contributed by atoms with van der Waals surface area (Å²) in [6, 6.07) is 17.5. The van der Waals surface area contributed by atoms with Gasteiger partial charge in [0.05, 0.1) is 5.75 Å². The molecule has 4 nitrogen and oxygen atoms in total. The molecule has 0 saturated heterocycles. The summed E-state index contributed by atoms with van der Waals surface area (Å²) in [7, 11) is -3.12. The zero-order chi connectivity index (χ0) is 20.0. The van der Waals surface area contributed by atoms with E-state index in [1.807, 2.05) is 13.0 Å². The highest BCUT2D eigenvalue weighted by molar-refractivity contribution is 7.89. The van der Waals surface area contributed by atoms with Gasteiger partial charge < -0.3 is 5.73 Å². The second kappa shape index (κ2) is 11.1. The fraction of sp³-hybridized carbons (Fsp3) is 0.478. The van der Waals surface area contributed by atoms with Crippen LogP contribution in [0.5, 0.6) is 0 Å². The van der Waals surface area contributed by atoms with Crippen LogP contribution in [0.15, 0.2) is 48.5 Å². The number of halogens is 1. The topological polar surface area (TPSA) is 72.2 Å². The Morgan fingerprint density at radius 2 is 1.86 bits per heavy atom. The number of hydrogen-bond donors (Lipinski definition) is 2. The van der Waals surface area contributed by atoms with Crippen LogP contribution in [0.1, 0.15) is 54.4 Å². The fourth-order valence-corrected chi connectivity index (χ4v) is 5.25. The predicted molar refractivity (Wildman–Crippen MR) is 123 cm³/mol. The molecule has 0 fully saturated rings. The minimum atomic E-state index is -3.12. The highest BCUT2D eigenvalue weighted by atomic mass is 35.5. The van der Waals surface area contributed by atoms with E-state index in [0.29, 0.717) is 18.9 Å². The molecule has 3 rings (SSSR count). The summed E-state index contributed by atoms with van der Waals surface area (Å²) in [5.41, 5.74) is 11.9. The first-order valence-electron chi connectivity index (χ1n) is 10.4. The van der Waals surface area contributed by atoms with Crippen molar-refractivity contribution in [3.8, 4) is 0 Å². The van der Waals surface area contributed by atoms with Crippen molar-refractivity contribution in [1.29, 1.82) is 0 Å². The average molecular weight is 437 g/mol. The van der Waals surface area contributed by atoms with E-state index in [1.165, 1.54) is 22.3 Å². The standard InChI is InChI=1S/C23H32N2O2S.ClH/c1-2-15-28(26,27)25-14-6-9-19-10-11-20-12-13-23(24)22(21(20)16-19)17-18-7-4-3-5-8-18;/h3-5,7-8,10-11,16,22-23,25H,2,6,9,12-15,17,24H2,1H3;1H. The van der Waals surface area contributed by atoms with Crippen molar-refractivity contribution < 1.29 is 8.42 Å². The molecule has 160 valence electrons. The SMILES string of the molecule is CCCS(=O)(=O)NCCCc1ccc2c(c1)C(Cc1ccccc1)C(N)CC2.Cl. The van der Waals surface area contributed by atoms with Gasteiger partial charge >= 0.3 is 0 Å². The van der Waals surface area contributed by atoms with Crippen LogP contribution in [0.4, 0.5) is 0 Å². The maximum absolute atomic E-state index is 11.8. The van der Waals surface area contributed by atoms with Gasteiger partial charge in [-0.15, -0.1) is 12.4 Å². The number of hydrogen-bond acceptors (Lipinski definition) is 3. The summed E-state index contributed by atoms with van der Waals surface area (Å²) in [4.78, 5) is 0. The first-order chi connectivity index (χ1) is 13.5. The lowest BCUT2D eigenvalue weighted by molar-refractivity contribution is 0.467. The molecule has 1 aliphatic carbocycles. The molecule has 2 aromatic rings. The largest absolute Gasteiger partial charge is 0.327 e. The van der Waals surface area contributed by atoms with Gasteiger partial charge in [0, 0.05) is 18.5 Å². The maximum Gasteiger partial charge on any atom is 0.211 e. The molecule has 29 heavy (non-hydrogen) atoms. The molecule has 0 saturated carbocycles. The zero-order valence-electron chi connectivity index (χ0n) is 17.1. The minimum absolute atomic E-state index is 0. The number of aryl methyl sites for hydroxylation is 2. The third-order valence-electron chi connectivity index (χ3n) is 5.61. The van der Waals surface area contributed by atoms with Crippen LogP contribution in [0.2, 0.25) is 0 Å². The van der Waals surface area contributed by atoms with Gasteiger partial charge in [-0.1, -0.05) is 55.5 Å². The van der Waals surface area contributed by atoms with E-state index in [2.05, 4.69) is 47.2 Å². The van der Waals surface area contributed by atoms with Gasteiger partial charge in [-0.25, -0.2) is 13.1 Å². The van der Waals surface area contributed by atoms with Gasteiger partial charge in [-0.3, -0.25) is 0 Å². The Hall–Kier alpha value is -1.40. The summed E-state index contributed by atoms with van der Waals surface area (Å²) in [6.45, 7) is 2.37. The summed E-state index contributed by atoms with van der Waals surface area (Å²) >= 11 is 0. The van der Waals surface area contributed by atoms with Crippen molar-refractivity contribution in [3.05, 3.63) is 70.8 Å². The van der Waals surface area contributed by atoms with E-state index in [9.17, 15) is 8.42 Å². The van der Waals surface area contributed by atoms with Crippen molar-refractivity contribution in [2.24, 2.45) is 5.73 Å². The average Bonchev–Trinajstić information content (AvgIpc) is 2.68. The van der Waals surface area contributed by atoms with E-state index in [-0.39, 0.29) is 24.2 Å². The molecule has 2 atom stereocenters. The Morgan fingerprint density at radius 3 is 2.59 bits per heavy atom. The number of sulfonamides is 1. The van der Waals surface area contributed by atoms with E-state index in [0.717, 1.165) is 32.1 Å². The van der Waals surface area contributed by atoms with Crippen molar-refractivity contribution in [1.82, 2.24) is 4.72 Å². The summed E-state index contributed by atoms with van der Waals surface area (Å²) in [5.74, 6) is 0.541. The summed E-state index contributed by atoms with van der Waals surface area (Å²) < 4.78 is 26.2. The van der Waals surface area contributed by atoms with Crippen LogP contribution in [-0.4, -0.2) is 26.8 Å². The van der Waals surface area contributed by atoms with Crippen molar-refractivity contribution in [3.63, 3.8) is 0 Å². The lowest BCUT2D eigenvalue weighted by atomic mass is 9.76. The number of rotatable bonds is 9. The molecule has 0 spiro atoms. The third kappa shape index (κ3) is 6.82. The highest BCUT2D eigenvalue weighted by Crippen LogP contribution is 2.34. The lowest BCUT2D eigenvalue weighted by Gasteiger charge is -2.32. The Labute approximate surface area is 181 Å². The first-order valence-corrected chi connectivity index (χ1v) is 12.0. The van der Waals surface area contributed by atoms with E-state index < -0.39 is 10.0 Å². The van der Waals surface area contributed by atoms with Crippen LogP contribution in [0.25, 0.3) is 0 Å². The number of benzene rings is 2. The van der Waals surface area contributed by atoms with E-state index >= 15 is 0 Å². The third-order valence-corrected chi connectivity index (χ3v) is 7.20. The molecule has 0 amide bonds.